The highest BCUT2D eigenvalue weighted by atomic mass is 16.2. The molecule has 2 saturated heterocycles. The van der Waals surface area contributed by atoms with Gasteiger partial charge in [0.05, 0.1) is 0 Å². The third-order valence-electron chi connectivity index (χ3n) is 5.65. The molecule has 1 atom stereocenters. The molecule has 1 unspecified atom stereocenters. The summed E-state index contributed by atoms with van der Waals surface area (Å²) in [6.45, 7) is 10.3. The fraction of sp³-hybridized carbons (Fsp3) is 0.619. The zero-order valence-electron chi connectivity index (χ0n) is 16.1. The van der Waals surface area contributed by atoms with Crippen molar-refractivity contribution < 1.29 is 9.59 Å². The van der Waals surface area contributed by atoms with Crippen LogP contribution in [0.4, 0.5) is 5.69 Å². The first-order chi connectivity index (χ1) is 12.5. The van der Waals surface area contributed by atoms with E-state index in [2.05, 4.69) is 16.7 Å². The molecule has 3 rings (SSSR count). The number of ketones is 1. The van der Waals surface area contributed by atoms with Crippen molar-refractivity contribution in [3.05, 3.63) is 29.8 Å². The van der Waals surface area contributed by atoms with Crippen LogP contribution in [0.15, 0.2) is 24.3 Å². The first-order valence-corrected chi connectivity index (χ1v) is 9.89. The normalized spacial score (nSPS) is 21.7. The minimum absolute atomic E-state index is 0.0927. The van der Waals surface area contributed by atoms with E-state index in [1.54, 1.807) is 6.92 Å². The van der Waals surface area contributed by atoms with Crippen LogP contribution in [0.1, 0.15) is 43.5 Å². The van der Waals surface area contributed by atoms with Crippen LogP contribution in [0.5, 0.6) is 0 Å². The smallest absolute Gasteiger partial charge is 0.223 e. The minimum Gasteiger partial charge on any atom is -0.368 e. The van der Waals surface area contributed by atoms with Crippen LogP contribution in [0.25, 0.3) is 0 Å². The Morgan fingerprint density at radius 2 is 1.73 bits per heavy atom. The van der Waals surface area contributed by atoms with E-state index >= 15 is 0 Å². The van der Waals surface area contributed by atoms with Crippen LogP contribution in [0, 0.1) is 5.92 Å². The number of piperazine rings is 1. The van der Waals surface area contributed by atoms with Gasteiger partial charge < -0.3 is 14.7 Å². The van der Waals surface area contributed by atoms with Gasteiger partial charge in [0.25, 0.3) is 0 Å². The number of carbonyl (C=O) groups is 2. The zero-order chi connectivity index (χ0) is 18.5. The Morgan fingerprint density at radius 3 is 2.35 bits per heavy atom. The second-order valence-electron chi connectivity index (χ2n) is 7.77. The largest absolute Gasteiger partial charge is 0.368 e. The first-order valence-electron chi connectivity index (χ1n) is 9.89. The summed E-state index contributed by atoms with van der Waals surface area (Å²) >= 11 is 0. The maximum atomic E-state index is 12.5. The predicted octanol–water partition coefficient (Wildman–Crippen LogP) is 2.66. The van der Waals surface area contributed by atoms with Crippen molar-refractivity contribution in [2.24, 2.45) is 5.92 Å². The molecule has 26 heavy (non-hydrogen) atoms. The molecule has 142 valence electrons. The molecule has 5 heteroatoms. The fourth-order valence-electron chi connectivity index (χ4n) is 4.02. The van der Waals surface area contributed by atoms with E-state index in [4.69, 9.17) is 0 Å². The summed E-state index contributed by atoms with van der Waals surface area (Å²) in [5, 5.41) is 0. The lowest BCUT2D eigenvalue weighted by Gasteiger charge is -2.37. The molecule has 0 spiro atoms. The Labute approximate surface area is 156 Å². The molecular formula is C21H31N3O2. The summed E-state index contributed by atoms with van der Waals surface area (Å²) < 4.78 is 0. The number of carbonyl (C=O) groups excluding carboxylic acids is 2. The highest BCUT2D eigenvalue weighted by Gasteiger charge is 2.23. The molecule has 2 heterocycles. The number of hydrogen-bond acceptors (Lipinski definition) is 4. The van der Waals surface area contributed by atoms with Crippen molar-refractivity contribution in [1.82, 2.24) is 9.80 Å². The van der Waals surface area contributed by atoms with Crippen LogP contribution in [0.2, 0.25) is 0 Å². The maximum absolute atomic E-state index is 12.5. The van der Waals surface area contributed by atoms with Gasteiger partial charge in [-0.3, -0.25) is 9.59 Å². The number of Topliss-reactive ketones (excluding diaryl/α,β-unsaturated/α-hetero) is 1. The van der Waals surface area contributed by atoms with Gasteiger partial charge in [-0.25, -0.2) is 0 Å². The Hall–Kier alpha value is -1.88. The van der Waals surface area contributed by atoms with Gasteiger partial charge in [-0.15, -0.1) is 0 Å². The molecule has 2 aliphatic rings. The van der Waals surface area contributed by atoms with Crippen molar-refractivity contribution in [1.29, 1.82) is 0 Å². The molecule has 1 aromatic carbocycles. The van der Waals surface area contributed by atoms with E-state index in [9.17, 15) is 9.59 Å². The number of likely N-dealkylation sites (tertiary alicyclic amines) is 1. The van der Waals surface area contributed by atoms with Gasteiger partial charge in [-0.05, 0) is 56.5 Å². The summed E-state index contributed by atoms with van der Waals surface area (Å²) in [6.07, 6.45) is 3.22. The van der Waals surface area contributed by atoms with Crippen LogP contribution in [0.3, 0.4) is 0 Å². The summed E-state index contributed by atoms with van der Waals surface area (Å²) in [4.78, 5) is 30.7. The molecule has 0 aromatic heterocycles. The summed E-state index contributed by atoms with van der Waals surface area (Å²) in [7, 11) is 0. The Bertz CT molecular complexity index is 621. The van der Waals surface area contributed by atoms with Gasteiger partial charge >= 0.3 is 0 Å². The number of rotatable bonds is 5. The monoisotopic (exact) mass is 357 g/mol. The number of anilines is 1. The lowest BCUT2D eigenvalue weighted by molar-refractivity contribution is -0.131. The van der Waals surface area contributed by atoms with Crippen LogP contribution in [-0.4, -0.2) is 67.3 Å². The van der Waals surface area contributed by atoms with E-state index in [1.807, 2.05) is 29.2 Å². The molecule has 2 fully saturated rings. The van der Waals surface area contributed by atoms with Crippen molar-refractivity contribution >= 4 is 17.4 Å². The predicted molar refractivity (Wildman–Crippen MR) is 105 cm³/mol. The molecule has 2 aliphatic heterocycles. The van der Waals surface area contributed by atoms with Gasteiger partial charge in [-0.2, -0.15) is 0 Å². The number of piperidine rings is 1. The molecule has 0 saturated carbocycles. The fourth-order valence-corrected chi connectivity index (χ4v) is 4.02. The average molecular weight is 357 g/mol. The second kappa shape index (κ2) is 8.67. The average Bonchev–Trinajstić information content (AvgIpc) is 2.66. The van der Waals surface area contributed by atoms with Crippen LogP contribution >= 0.6 is 0 Å². The lowest BCUT2D eigenvalue weighted by Crippen LogP contribution is -2.49. The highest BCUT2D eigenvalue weighted by molar-refractivity contribution is 5.94. The molecule has 0 aliphatic carbocycles. The summed E-state index contributed by atoms with van der Waals surface area (Å²) in [5.41, 5.74) is 1.87. The summed E-state index contributed by atoms with van der Waals surface area (Å²) in [5.74, 6) is 1.14. The quantitative estimate of drug-likeness (QED) is 0.760. The third kappa shape index (κ3) is 4.85. The van der Waals surface area contributed by atoms with Crippen molar-refractivity contribution in [3.63, 3.8) is 0 Å². The van der Waals surface area contributed by atoms with Crippen molar-refractivity contribution in [3.8, 4) is 0 Å². The molecule has 0 radical (unpaired) electrons. The zero-order valence-corrected chi connectivity index (χ0v) is 16.1. The maximum Gasteiger partial charge on any atom is 0.223 e. The lowest BCUT2D eigenvalue weighted by atomic mass is 10.0. The number of amides is 1. The van der Waals surface area contributed by atoms with Gasteiger partial charge in [0.1, 0.15) is 0 Å². The Balaban J connectivity index is 1.44. The van der Waals surface area contributed by atoms with E-state index in [1.165, 1.54) is 12.8 Å². The van der Waals surface area contributed by atoms with Gasteiger partial charge in [-0.1, -0.05) is 6.92 Å². The molecular weight excluding hydrogens is 326 g/mol. The standard InChI is InChI=1S/C21H31N3O2/c1-17-4-3-10-22(16-17)11-9-21(26)24-14-12-23(13-15-24)20-7-5-19(6-8-20)18(2)25/h5-8,17H,3-4,9-16H2,1-2H3. The molecule has 5 nitrogen and oxygen atoms in total. The first kappa shape index (κ1) is 18.9. The van der Waals surface area contributed by atoms with E-state index in [-0.39, 0.29) is 11.7 Å². The third-order valence-corrected chi connectivity index (χ3v) is 5.65. The Kier molecular flexibility index (Phi) is 6.30. The number of hydrogen-bond donors (Lipinski definition) is 0. The van der Waals surface area contributed by atoms with E-state index < -0.39 is 0 Å². The Morgan fingerprint density at radius 1 is 1.04 bits per heavy atom. The van der Waals surface area contributed by atoms with Crippen molar-refractivity contribution in [2.45, 2.75) is 33.1 Å². The second-order valence-corrected chi connectivity index (χ2v) is 7.77. The van der Waals surface area contributed by atoms with Crippen LogP contribution < -0.4 is 4.90 Å². The topological polar surface area (TPSA) is 43.9 Å². The van der Waals surface area contributed by atoms with Gasteiger partial charge in [0, 0.05) is 56.9 Å². The molecule has 0 bridgehead atoms. The van der Waals surface area contributed by atoms with E-state index in [0.717, 1.165) is 63.0 Å². The molecule has 1 amide bonds. The van der Waals surface area contributed by atoms with Gasteiger partial charge in [0.2, 0.25) is 5.91 Å². The SMILES string of the molecule is CC(=O)c1ccc(N2CCN(C(=O)CCN3CCCC(C)C3)CC2)cc1. The minimum atomic E-state index is 0.0927. The summed E-state index contributed by atoms with van der Waals surface area (Å²) in [6, 6.07) is 7.78. The van der Waals surface area contributed by atoms with Gasteiger partial charge in [0.15, 0.2) is 5.78 Å². The molecule has 1 aromatic rings. The van der Waals surface area contributed by atoms with Crippen LogP contribution in [-0.2, 0) is 4.79 Å². The molecule has 0 N–H and O–H groups in total. The number of benzene rings is 1. The van der Waals surface area contributed by atoms with E-state index in [0.29, 0.717) is 6.42 Å². The van der Waals surface area contributed by atoms with Crippen molar-refractivity contribution in [2.75, 3.05) is 50.7 Å². The highest BCUT2D eigenvalue weighted by Crippen LogP contribution is 2.19. The number of nitrogens with zero attached hydrogens (tertiary/aromatic N) is 3.